The third-order valence-electron chi connectivity index (χ3n) is 4.84. The molecule has 4 heteroatoms. The van der Waals surface area contributed by atoms with Crippen molar-refractivity contribution in [3.63, 3.8) is 0 Å². The summed E-state index contributed by atoms with van der Waals surface area (Å²) in [6.45, 7) is 1.45. The van der Waals surface area contributed by atoms with E-state index in [9.17, 15) is 0 Å². The van der Waals surface area contributed by atoms with Crippen LogP contribution in [0.25, 0.3) is 0 Å². The van der Waals surface area contributed by atoms with E-state index in [-0.39, 0.29) is 11.0 Å². The van der Waals surface area contributed by atoms with Crippen molar-refractivity contribution >= 4 is 11.6 Å². The van der Waals surface area contributed by atoms with Crippen LogP contribution in [0.3, 0.4) is 0 Å². The molecule has 0 aromatic heterocycles. The van der Waals surface area contributed by atoms with Crippen molar-refractivity contribution in [1.82, 2.24) is 0 Å². The van der Waals surface area contributed by atoms with Crippen molar-refractivity contribution in [3.05, 3.63) is 22.7 Å². The average molecular weight is 280 g/mol. The normalized spacial score (nSPS) is 25.6. The molecule has 2 aliphatic carbocycles. The van der Waals surface area contributed by atoms with Crippen LogP contribution < -0.4 is 15.2 Å². The minimum Gasteiger partial charge on any atom is -0.489 e. The monoisotopic (exact) mass is 279 g/mol. The number of ether oxygens (including phenoxy) is 2. The van der Waals surface area contributed by atoms with E-state index in [1.54, 1.807) is 0 Å². The molecule has 1 aliphatic heterocycles. The van der Waals surface area contributed by atoms with Crippen LogP contribution >= 0.6 is 11.6 Å². The first-order valence-electron chi connectivity index (χ1n) is 6.99. The van der Waals surface area contributed by atoms with Crippen molar-refractivity contribution in [3.8, 4) is 11.5 Å². The minimum absolute atomic E-state index is 0.217. The zero-order valence-electron chi connectivity index (χ0n) is 10.9. The highest BCUT2D eigenvalue weighted by molar-refractivity contribution is 6.32. The molecule has 3 aliphatic rings. The third-order valence-corrected chi connectivity index (χ3v) is 5.12. The van der Waals surface area contributed by atoms with Gasteiger partial charge in [-0.05, 0) is 49.8 Å². The highest BCUT2D eigenvalue weighted by atomic mass is 35.5. The van der Waals surface area contributed by atoms with Crippen LogP contribution in [0.5, 0.6) is 11.5 Å². The number of nitrogens with two attached hydrogens (primary N) is 1. The topological polar surface area (TPSA) is 44.5 Å². The molecule has 102 valence electrons. The third kappa shape index (κ3) is 1.83. The summed E-state index contributed by atoms with van der Waals surface area (Å²) in [5.74, 6) is 1.46. The molecule has 2 N–H and O–H groups in total. The van der Waals surface area contributed by atoms with Crippen LogP contribution in [0.15, 0.2) is 12.1 Å². The van der Waals surface area contributed by atoms with E-state index in [1.807, 2.05) is 12.1 Å². The summed E-state index contributed by atoms with van der Waals surface area (Å²) < 4.78 is 11.8. The summed E-state index contributed by atoms with van der Waals surface area (Å²) in [6, 6.07) is 3.98. The molecule has 0 unspecified atom stereocenters. The fourth-order valence-corrected chi connectivity index (χ4v) is 3.18. The Morgan fingerprint density at radius 3 is 2.42 bits per heavy atom. The lowest BCUT2D eigenvalue weighted by Gasteiger charge is -2.39. The lowest BCUT2D eigenvalue weighted by molar-refractivity contribution is 0.197. The molecule has 2 fully saturated rings. The number of hydrogen-bond acceptors (Lipinski definition) is 3. The van der Waals surface area contributed by atoms with E-state index >= 15 is 0 Å². The van der Waals surface area contributed by atoms with E-state index in [2.05, 4.69) is 0 Å². The molecule has 1 heterocycles. The standard InChI is InChI=1S/C15H18ClNO2/c16-11-6-10(15(17)2-1-3-15)7-12-13(11)19-9-14(4-5-14)8-18-12/h6-7H,1-5,8-9,17H2. The average Bonchev–Trinajstić information content (AvgIpc) is 3.14. The maximum absolute atomic E-state index is 6.38. The summed E-state index contributed by atoms with van der Waals surface area (Å²) in [6.07, 6.45) is 5.60. The SMILES string of the molecule is NC1(c2cc(Cl)c3c(c2)OCC2(CC2)CO3)CCC1. The Morgan fingerprint density at radius 2 is 1.79 bits per heavy atom. The van der Waals surface area contributed by atoms with Gasteiger partial charge in [-0.3, -0.25) is 0 Å². The van der Waals surface area contributed by atoms with Gasteiger partial charge in [0.15, 0.2) is 11.5 Å². The van der Waals surface area contributed by atoms with Gasteiger partial charge in [0.05, 0.1) is 18.2 Å². The van der Waals surface area contributed by atoms with E-state index in [4.69, 9.17) is 26.8 Å². The van der Waals surface area contributed by atoms with Crippen LogP contribution in [0.1, 0.15) is 37.7 Å². The summed E-state index contributed by atoms with van der Waals surface area (Å²) in [7, 11) is 0. The number of fused-ring (bicyclic) bond motifs is 1. The highest BCUT2D eigenvalue weighted by Crippen LogP contribution is 2.51. The Morgan fingerprint density at radius 1 is 1.05 bits per heavy atom. The first-order valence-corrected chi connectivity index (χ1v) is 7.37. The van der Waals surface area contributed by atoms with Gasteiger partial charge in [-0.1, -0.05) is 11.6 Å². The number of halogens is 1. The second-order valence-electron chi connectivity index (χ2n) is 6.37. The molecule has 0 bridgehead atoms. The molecule has 1 spiro atoms. The molecular formula is C15H18ClNO2. The van der Waals surface area contributed by atoms with E-state index in [0.717, 1.165) is 30.8 Å². The number of rotatable bonds is 1. The smallest absolute Gasteiger partial charge is 0.179 e. The van der Waals surface area contributed by atoms with Gasteiger partial charge >= 0.3 is 0 Å². The molecule has 4 rings (SSSR count). The zero-order valence-corrected chi connectivity index (χ0v) is 11.6. The summed E-state index contributed by atoms with van der Waals surface area (Å²) in [5.41, 5.74) is 7.48. The van der Waals surface area contributed by atoms with Gasteiger partial charge in [0, 0.05) is 11.0 Å². The molecule has 0 saturated heterocycles. The quantitative estimate of drug-likeness (QED) is 0.858. The van der Waals surface area contributed by atoms with Gasteiger partial charge in [-0.25, -0.2) is 0 Å². The van der Waals surface area contributed by atoms with Crippen LogP contribution in [-0.2, 0) is 5.54 Å². The van der Waals surface area contributed by atoms with Crippen LogP contribution in [-0.4, -0.2) is 13.2 Å². The number of hydrogen-bond donors (Lipinski definition) is 1. The fourth-order valence-electron chi connectivity index (χ4n) is 2.91. The van der Waals surface area contributed by atoms with Crippen molar-refractivity contribution in [2.45, 2.75) is 37.6 Å². The maximum Gasteiger partial charge on any atom is 0.179 e. The van der Waals surface area contributed by atoms with E-state index in [0.29, 0.717) is 17.4 Å². The Bertz CT molecular complexity index is 535. The van der Waals surface area contributed by atoms with Crippen LogP contribution in [0.2, 0.25) is 5.02 Å². The van der Waals surface area contributed by atoms with Gasteiger partial charge in [0.2, 0.25) is 0 Å². The molecule has 0 atom stereocenters. The predicted molar refractivity (Wildman–Crippen MR) is 73.8 cm³/mol. The molecule has 2 saturated carbocycles. The first kappa shape index (κ1) is 11.9. The summed E-state index contributed by atoms with van der Waals surface area (Å²) in [4.78, 5) is 0. The largest absolute Gasteiger partial charge is 0.489 e. The Balaban J connectivity index is 1.71. The Hall–Kier alpha value is -0.930. The van der Waals surface area contributed by atoms with Crippen LogP contribution in [0.4, 0.5) is 0 Å². The molecule has 3 nitrogen and oxygen atoms in total. The van der Waals surface area contributed by atoms with E-state index in [1.165, 1.54) is 19.3 Å². The van der Waals surface area contributed by atoms with E-state index < -0.39 is 0 Å². The Kier molecular flexibility index (Phi) is 2.37. The maximum atomic E-state index is 6.38. The summed E-state index contributed by atoms with van der Waals surface area (Å²) >= 11 is 6.36. The van der Waals surface area contributed by atoms with Gasteiger partial charge < -0.3 is 15.2 Å². The molecule has 19 heavy (non-hydrogen) atoms. The van der Waals surface area contributed by atoms with Gasteiger partial charge in [0.25, 0.3) is 0 Å². The highest BCUT2D eigenvalue weighted by Gasteiger charge is 2.46. The molecule has 0 amide bonds. The predicted octanol–water partition coefficient (Wildman–Crippen LogP) is 3.23. The van der Waals surface area contributed by atoms with Gasteiger partial charge in [0.1, 0.15) is 0 Å². The first-order chi connectivity index (χ1) is 9.10. The summed E-state index contributed by atoms with van der Waals surface area (Å²) in [5, 5.41) is 0.627. The fraction of sp³-hybridized carbons (Fsp3) is 0.600. The van der Waals surface area contributed by atoms with Crippen molar-refractivity contribution < 1.29 is 9.47 Å². The zero-order chi connectivity index (χ0) is 13.1. The second-order valence-corrected chi connectivity index (χ2v) is 6.78. The molecule has 0 radical (unpaired) electrons. The van der Waals surface area contributed by atoms with Crippen molar-refractivity contribution in [2.24, 2.45) is 11.1 Å². The Labute approximate surface area is 118 Å². The molecular weight excluding hydrogens is 262 g/mol. The van der Waals surface area contributed by atoms with Crippen molar-refractivity contribution in [2.75, 3.05) is 13.2 Å². The van der Waals surface area contributed by atoms with Crippen molar-refractivity contribution in [1.29, 1.82) is 0 Å². The van der Waals surface area contributed by atoms with Crippen LogP contribution in [0, 0.1) is 5.41 Å². The second kappa shape index (κ2) is 3.80. The lowest BCUT2D eigenvalue weighted by atomic mass is 9.73. The minimum atomic E-state index is -0.217. The lowest BCUT2D eigenvalue weighted by Crippen LogP contribution is -2.43. The molecule has 1 aromatic carbocycles. The van der Waals surface area contributed by atoms with Gasteiger partial charge in [-0.2, -0.15) is 0 Å². The molecule has 1 aromatic rings. The van der Waals surface area contributed by atoms with Gasteiger partial charge in [-0.15, -0.1) is 0 Å². The number of benzene rings is 1.